The van der Waals surface area contributed by atoms with Crippen molar-refractivity contribution in [1.82, 2.24) is 15.2 Å². The highest BCUT2D eigenvalue weighted by Gasteiger charge is 2.17. The molecule has 0 aromatic carbocycles. The van der Waals surface area contributed by atoms with Gasteiger partial charge < -0.3 is 16.0 Å². The Morgan fingerprint density at radius 1 is 1.50 bits per heavy atom. The van der Waals surface area contributed by atoms with E-state index >= 15 is 0 Å². The Kier molecular flexibility index (Phi) is 4.57. The van der Waals surface area contributed by atoms with Gasteiger partial charge in [-0.05, 0) is 45.6 Å². The summed E-state index contributed by atoms with van der Waals surface area (Å²) in [7, 11) is 4.03. The van der Waals surface area contributed by atoms with E-state index in [-0.39, 0.29) is 5.91 Å². The van der Waals surface area contributed by atoms with Crippen molar-refractivity contribution in [2.24, 2.45) is 0 Å². The SMILES string of the molecule is Cc1ccnc2sc(C(=O)NCCCN(C)C)c(N)c12. The zero-order valence-electron chi connectivity index (χ0n) is 12.1. The van der Waals surface area contributed by atoms with Gasteiger partial charge in [0.2, 0.25) is 0 Å². The smallest absolute Gasteiger partial charge is 0.263 e. The summed E-state index contributed by atoms with van der Waals surface area (Å²) in [5, 5.41) is 3.81. The number of amides is 1. The molecule has 2 aromatic heterocycles. The Bertz CT molecular complexity index is 621. The van der Waals surface area contributed by atoms with Crippen molar-refractivity contribution in [3.63, 3.8) is 0 Å². The number of nitrogen functional groups attached to an aromatic ring is 1. The van der Waals surface area contributed by atoms with Crippen LogP contribution in [0.1, 0.15) is 21.7 Å². The summed E-state index contributed by atoms with van der Waals surface area (Å²) in [6.45, 7) is 3.58. The first kappa shape index (κ1) is 14.7. The van der Waals surface area contributed by atoms with Crippen LogP contribution in [-0.2, 0) is 0 Å². The number of aromatic nitrogens is 1. The van der Waals surface area contributed by atoms with Crippen LogP contribution in [0.4, 0.5) is 5.69 Å². The molecular weight excluding hydrogens is 272 g/mol. The fourth-order valence-corrected chi connectivity index (χ4v) is 3.11. The minimum Gasteiger partial charge on any atom is -0.397 e. The van der Waals surface area contributed by atoms with Crippen molar-refractivity contribution in [1.29, 1.82) is 0 Å². The monoisotopic (exact) mass is 292 g/mol. The van der Waals surface area contributed by atoms with Crippen LogP contribution in [0.25, 0.3) is 10.2 Å². The number of pyridine rings is 1. The van der Waals surface area contributed by atoms with Crippen molar-refractivity contribution in [3.8, 4) is 0 Å². The van der Waals surface area contributed by atoms with Crippen molar-refractivity contribution in [3.05, 3.63) is 22.7 Å². The summed E-state index contributed by atoms with van der Waals surface area (Å²) in [6.07, 6.45) is 2.66. The zero-order chi connectivity index (χ0) is 14.7. The number of carbonyl (C=O) groups excluding carboxylic acids is 1. The second kappa shape index (κ2) is 6.19. The number of carbonyl (C=O) groups is 1. The van der Waals surface area contributed by atoms with E-state index < -0.39 is 0 Å². The molecule has 0 saturated heterocycles. The third-order valence-electron chi connectivity index (χ3n) is 3.11. The molecule has 0 bridgehead atoms. The molecule has 0 aliphatic rings. The summed E-state index contributed by atoms with van der Waals surface area (Å²) < 4.78 is 0. The quantitative estimate of drug-likeness (QED) is 0.825. The standard InChI is InChI=1S/C14H20N4OS/c1-9-5-7-17-14-10(9)11(15)12(20-14)13(19)16-6-4-8-18(2)3/h5,7H,4,6,8,15H2,1-3H3,(H,16,19). The van der Waals surface area contributed by atoms with E-state index in [4.69, 9.17) is 5.73 Å². The third-order valence-corrected chi connectivity index (χ3v) is 4.22. The van der Waals surface area contributed by atoms with Crippen LogP contribution in [0.5, 0.6) is 0 Å². The maximum absolute atomic E-state index is 12.2. The highest BCUT2D eigenvalue weighted by molar-refractivity contribution is 7.21. The lowest BCUT2D eigenvalue weighted by Crippen LogP contribution is -2.27. The number of nitrogens with one attached hydrogen (secondary N) is 1. The molecule has 0 spiro atoms. The highest BCUT2D eigenvalue weighted by atomic mass is 32.1. The maximum Gasteiger partial charge on any atom is 0.263 e. The summed E-state index contributed by atoms with van der Waals surface area (Å²) >= 11 is 1.35. The molecular formula is C14H20N4OS. The number of anilines is 1. The molecule has 3 N–H and O–H groups in total. The molecule has 0 atom stereocenters. The topological polar surface area (TPSA) is 71.2 Å². The van der Waals surface area contributed by atoms with Crippen molar-refractivity contribution in [2.75, 3.05) is 32.9 Å². The van der Waals surface area contributed by atoms with E-state index in [1.54, 1.807) is 6.20 Å². The van der Waals surface area contributed by atoms with Crippen molar-refractivity contribution in [2.45, 2.75) is 13.3 Å². The second-order valence-corrected chi connectivity index (χ2v) is 6.06. The molecule has 0 saturated carbocycles. The van der Waals surface area contributed by atoms with Gasteiger partial charge in [-0.3, -0.25) is 4.79 Å². The highest BCUT2D eigenvalue weighted by Crippen LogP contribution is 2.34. The van der Waals surface area contributed by atoms with E-state index in [2.05, 4.69) is 15.2 Å². The number of thiophene rings is 1. The zero-order valence-corrected chi connectivity index (χ0v) is 12.9. The molecule has 0 aliphatic carbocycles. The normalized spacial score (nSPS) is 11.2. The van der Waals surface area contributed by atoms with Gasteiger partial charge in [-0.15, -0.1) is 11.3 Å². The lowest BCUT2D eigenvalue weighted by atomic mass is 10.2. The Morgan fingerprint density at radius 2 is 2.25 bits per heavy atom. The fraction of sp³-hybridized carbons (Fsp3) is 0.429. The third kappa shape index (κ3) is 3.08. The first-order valence-corrected chi connectivity index (χ1v) is 7.39. The molecule has 6 heteroatoms. The molecule has 0 unspecified atom stereocenters. The maximum atomic E-state index is 12.2. The number of aryl methyl sites for hydroxylation is 1. The largest absolute Gasteiger partial charge is 0.397 e. The lowest BCUT2D eigenvalue weighted by Gasteiger charge is -2.09. The minimum atomic E-state index is -0.108. The van der Waals surface area contributed by atoms with E-state index in [1.807, 2.05) is 27.1 Å². The average Bonchev–Trinajstić information content (AvgIpc) is 2.73. The van der Waals surface area contributed by atoms with Gasteiger partial charge in [-0.1, -0.05) is 0 Å². The number of hydrogen-bond acceptors (Lipinski definition) is 5. The molecule has 20 heavy (non-hydrogen) atoms. The second-order valence-electron chi connectivity index (χ2n) is 5.07. The molecule has 0 fully saturated rings. The Morgan fingerprint density at radius 3 is 2.90 bits per heavy atom. The number of hydrogen-bond donors (Lipinski definition) is 2. The summed E-state index contributed by atoms with van der Waals surface area (Å²) in [4.78, 5) is 19.9. The van der Waals surface area contributed by atoms with Crippen molar-refractivity contribution < 1.29 is 4.79 Å². The van der Waals surface area contributed by atoms with Gasteiger partial charge >= 0.3 is 0 Å². The molecule has 108 valence electrons. The fourth-order valence-electron chi connectivity index (χ4n) is 2.05. The first-order chi connectivity index (χ1) is 9.50. The van der Waals surface area contributed by atoms with E-state index in [0.29, 0.717) is 17.1 Å². The lowest BCUT2D eigenvalue weighted by molar-refractivity contribution is 0.0957. The molecule has 2 heterocycles. The molecule has 2 rings (SSSR count). The number of fused-ring (bicyclic) bond motifs is 1. The number of rotatable bonds is 5. The van der Waals surface area contributed by atoms with Gasteiger partial charge in [0.05, 0.1) is 5.69 Å². The van der Waals surface area contributed by atoms with Gasteiger partial charge in [0.1, 0.15) is 9.71 Å². The molecule has 1 amide bonds. The van der Waals surface area contributed by atoms with Gasteiger partial charge in [0, 0.05) is 18.1 Å². The predicted octanol–water partition coefficient (Wildman–Crippen LogP) is 1.87. The number of nitrogens with zero attached hydrogens (tertiary/aromatic N) is 2. The molecule has 0 radical (unpaired) electrons. The van der Waals surface area contributed by atoms with E-state index in [9.17, 15) is 4.79 Å². The average molecular weight is 292 g/mol. The molecule has 0 aliphatic heterocycles. The van der Waals surface area contributed by atoms with E-state index in [0.717, 1.165) is 28.7 Å². The van der Waals surface area contributed by atoms with Gasteiger partial charge in [0.25, 0.3) is 5.91 Å². The summed E-state index contributed by atoms with van der Waals surface area (Å²) in [6, 6.07) is 1.91. The van der Waals surface area contributed by atoms with Crippen molar-refractivity contribution >= 4 is 33.1 Å². The van der Waals surface area contributed by atoms with Crippen LogP contribution in [0.2, 0.25) is 0 Å². The van der Waals surface area contributed by atoms with Crippen LogP contribution in [0.15, 0.2) is 12.3 Å². The van der Waals surface area contributed by atoms with Crippen LogP contribution in [0.3, 0.4) is 0 Å². The van der Waals surface area contributed by atoms with E-state index in [1.165, 1.54) is 11.3 Å². The first-order valence-electron chi connectivity index (χ1n) is 6.57. The summed E-state index contributed by atoms with van der Waals surface area (Å²) in [5.74, 6) is -0.108. The van der Waals surface area contributed by atoms with Gasteiger partial charge in [-0.2, -0.15) is 0 Å². The van der Waals surface area contributed by atoms with Crippen LogP contribution >= 0.6 is 11.3 Å². The van der Waals surface area contributed by atoms with Crippen LogP contribution in [-0.4, -0.2) is 43.0 Å². The molecule has 2 aromatic rings. The minimum absolute atomic E-state index is 0.108. The van der Waals surface area contributed by atoms with Crippen LogP contribution in [0, 0.1) is 6.92 Å². The van der Waals surface area contributed by atoms with Gasteiger partial charge in [0.15, 0.2) is 0 Å². The Balaban J connectivity index is 2.11. The summed E-state index contributed by atoms with van der Waals surface area (Å²) in [5.41, 5.74) is 7.69. The predicted molar refractivity (Wildman–Crippen MR) is 84.3 cm³/mol. The number of nitrogens with two attached hydrogens (primary N) is 1. The van der Waals surface area contributed by atoms with Gasteiger partial charge in [-0.25, -0.2) is 4.98 Å². The van der Waals surface area contributed by atoms with Crippen LogP contribution < -0.4 is 11.1 Å². The Labute approximate surface area is 122 Å². The Hall–Kier alpha value is -1.66. The molecule has 5 nitrogen and oxygen atoms in total.